The summed E-state index contributed by atoms with van der Waals surface area (Å²) in [6.45, 7) is 6.18. The molecule has 0 radical (unpaired) electrons. The van der Waals surface area contributed by atoms with Gasteiger partial charge in [0.25, 0.3) is 5.91 Å². The molecule has 3 N–H and O–H groups in total. The Kier molecular flexibility index (Phi) is 13.1. The van der Waals surface area contributed by atoms with Crippen molar-refractivity contribution in [3.63, 3.8) is 0 Å². The van der Waals surface area contributed by atoms with Crippen LogP contribution >= 0.6 is 11.6 Å². The average molecular weight is 679 g/mol. The summed E-state index contributed by atoms with van der Waals surface area (Å²) < 4.78 is 17.9. The molecule has 1 aliphatic rings. The molecule has 0 saturated heterocycles. The molecule has 1 heterocycles. The van der Waals surface area contributed by atoms with Gasteiger partial charge in [0.2, 0.25) is 17.7 Å². The molecule has 3 aromatic carbocycles. The Morgan fingerprint density at radius 3 is 2.48 bits per heavy atom. The summed E-state index contributed by atoms with van der Waals surface area (Å²) in [6.07, 6.45) is 0.347. The van der Waals surface area contributed by atoms with Crippen molar-refractivity contribution in [2.24, 2.45) is 5.92 Å². The maximum atomic E-state index is 13.6. The summed E-state index contributed by atoms with van der Waals surface area (Å²) in [7, 11) is 1.65. The Morgan fingerprint density at radius 2 is 1.73 bits per heavy atom. The molecule has 12 heteroatoms. The fourth-order valence-corrected chi connectivity index (χ4v) is 5.28. The molecule has 0 spiro atoms. The normalized spacial score (nSPS) is 18.3. The molecule has 4 rings (SSSR count). The summed E-state index contributed by atoms with van der Waals surface area (Å²) in [4.78, 5) is 54.9. The molecule has 48 heavy (non-hydrogen) atoms. The van der Waals surface area contributed by atoms with E-state index >= 15 is 0 Å². The van der Waals surface area contributed by atoms with Crippen molar-refractivity contribution in [3.05, 3.63) is 83.4 Å². The second kappa shape index (κ2) is 17.4. The fraction of sp³-hybridized carbons (Fsp3) is 0.389. The highest BCUT2D eigenvalue weighted by molar-refractivity contribution is 6.30. The number of nitrogens with zero attached hydrogens (tertiary/aromatic N) is 1. The van der Waals surface area contributed by atoms with Gasteiger partial charge < -0.3 is 35.1 Å². The SMILES string of the molecule is CC(C)C[C@@H]1NC(=O)CC[C@@H](C(=O)N[C@H](C)COc2ccccc2Oc2cccc(Cl)c2)NC(=O)c2ccccc2OCCN(C)C1=O. The van der Waals surface area contributed by atoms with Crippen LogP contribution < -0.4 is 30.2 Å². The monoisotopic (exact) mass is 678 g/mol. The number of rotatable bonds is 9. The highest BCUT2D eigenvalue weighted by atomic mass is 35.5. The van der Waals surface area contributed by atoms with E-state index in [0.717, 1.165) is 0 Å². The van der Waals surface area contributed by atoms with Gasteiger partial charge in [0.1, 0.15) is 36.8 Å². The average Bonchev–Trinajstić information content (AvgIpc) is 3.05. The molecule has 0 saturated carbocycles. The molecule has 0 unspecified atom stereocenters. The molecule has 0 aliphatic carbocycles. The van der Waals surface area contributed by atoms with Crippen molar-refractivity contribution < 1.29 is 33.4 Å². The number of fused-ring (bicyclic) bond motifs is 1. The highest BCUT2D eigenvalue weighted by Crippen LogP contribution is 2.32. The van der Waals surface area contributed by atoms with Crippen molar-refractivity contribution in [3.8, 4) is 23.0 Å². The first-order valence-electron chi connectivity index (χ1n) is 16.0. The van der Waals surface area contributed by atoms with E-state index in [9.17, 15) is 19.2 Å². The molecule has 0 aromatic heterocycles. The Labute approximate surface area is 286 Å². The number of carbonyl (C=O) groups is 4. The Morgan fingerprint density at radius 1 is 1.00 bits per heavy atom. The van der Waals surface area contributed by atoms with Crippen LogP contribution in [0.3, 0.4) is 0 Å². The Balaban J connectivity index is 1.47. The van der Waals surface area contributed by atoms with E-state index in [1.165, 1.54) is 4.90 Å². The van der Waals surface area contributed by atoms with Crippen LogP contribution in [0, 0.1) is 5.92 Å². The molecule has 0 fully saturated rings. The van der Waals surface area contributed by atoms with E-state index in [2.05, 4.69) is 16.0 Å². The van der Waals surface area contributed by atoms with E-state index < -0.39 is 35.8 Å². The largest absolute Gasteiger partial charge is 0.491 e. The maximum absolute atomic E-state index is 13.6. The first-order valence-corrected chi connectivity index (χ1v) is 16.4. The van der Waals surface area contributed by atoms with Gasteiger partial charge in [0.05, 0.1) is 18.2 Å². The lowest BCUT2D eigenvalue weighted by Gasteiger charge is -2.26. The topological polar surface area (TPSA) is 135 Å². The molecule has 4 amide bonds. The maximum Gasteiger partial charge on any atom is 0.255 e. The van der Waals surface area contributed by atoms with E-state index in [4.69, 9.17) is 25.8 Å². The Bertz CT molecular complexity index is 1580. The summed E-state index contributed by atoms with van der Waals surface area (Å²) in [6, 6.07) is 18.5. The van der Waals surface area contributed by atoms with Gasteiger partial charge in [-0.15, -0.1) is 0 Å². The number of hydrogen-bond donors (Lipinski definition) is 3. The zero-order chi connectivity index (χ0) is 34.6. The second-order valence-corrected chi connectivity index (χ2v) is 12.6. The fourth-order valence-electron chi connectivity index (χ4n) is 5.10. The highest BCUT2D eigenvalue weighted by Gasteiger charge is 2.29. The van der Waals surface area contributed by atoms with Gasteiger partial charge in [-0.2, -0.15) is 0 Å². The molecule has 11 nitrogen and oxygen atoms in total. The number of nitrogens with one attached hydrogen (secondary N) is 3. The first kappa shape index (κ1) is 36.1. The third kappa shape index (κ3) is 10.6. The van der Waals surface area contributed by atoms with Crippen LogP contribution in [-0.4, -0.2) is 73.5 Å². The minimum atomic E-state index is -1.07. The van der Waals surface area contributed by atoms with Gasteiger partial charge in [-0.3, -0.25) is 19.2 Å². The molecule has 0 bridgehead atoms. The summed E-state index contributed by atoms with van der Waals surface area (Å²) >= 11 is 6.09. The zero-order valence-electron chi connectivity index (χ0n) is 27.7. The van der Waals surface area contributed by atoms with Crippen LogP contribution in [0.1, 0.15) is 50.4 Å². The minimum Gasteiger partial charge on any atom is -0.491 e. The second-order valence-electron chi connectivity index (χ2n) is 12.1. The number of ether oxygens (including phenoxy) is 3. The van der Waals surface area contributed by atoms with E-state index in [1.807, 2.05) is 19.9 Å². The van der Waals surface area contributed by atoms with Gasteiger partial charge in [-0.05, 0) is 68.1 Å². The van der Waals surface area contributed by atoms with Gasteiger partial charge in [0.15, 0.2) is 11.5 Å². The first-order chi connectivity index (χ1) is 23.0. The molecular weight excluding hydrogens is 636 g/mol. The Hall–Kier alpha value is -4.77. The van der Waals surface area contributed by atoms with Crippen molar-refractivity contribution >= 4 is 35.2 Å². The number of para-hydroxylation sites is 3. The van der Waals surface area contributed by atoms with Crippen molar-refractivity contribution in [1.82, 2.24) is 20.9 Å². The van der Waals surface area contributed by atoms with Crippen LogP contribution in [0.15, 0.2) is 72.8 Å². The van der Waals surface area contributed by atoms with Crippen molar-refractivity contribution in [1.29, 1.82) is 0 Å². The lowest BCUT2D eigenvalue weighted by Crippen LogP contribution is -2.51. The third-order valence-electron chi connectivity index (χ3n) is 7.57. The molecule has 3 aromatic rings. The predicted octanol–water partition coefficient (Wildman–Crippen LogP) is 4.98. The van der Waals surface area contributed by atoms with Crippen LogP contribution in [0.4, 0.5) is 0 Å². The molecule has 1 aliphatic heterocycles. The number of benzene rings is 3. The smallest absolute Gasteiger partial charge is 0.255 e. The third-order valence-corrected chi connectivity index (χ3v) is 7.80. The number of halogens is 1. The quantitative estimate of drug-likeness (QED) is 0.291. The summed E-state index contributed by atoms with van der Waals surface area (Å²) in [5.41, 5.74) is 0.231. The summed E-state index contributed by atoms with van der Waals surface area (Å²) in [5, 5.41) is 9.04. The van der Waals surface area contributed by atoms with Gasteiger partial charge >= 0.3 is 0 Å². The van der Waals surface area contributed by atoms with E-state index in [-0.39, 0.29) is 50.0 Å². The predicted molar refractivity (Wildman–Crippen MR) is 183 cm³/mol. The molecule has 256 valence electrons. The minimum absolute atomic E-state index is 0.00521. The van der Waals surface area contributed by atoms with Crippen molar-refractivity contribution in [2.45, 2.75) is 58.2 Å². The standard InChI is InChI=1S/C36H43ClN4O7/c1-23(2)20-29-36(45)41(4)18-19-46-30-13-6-5-12-27(30)34(43)40-28(16-17-33(42)39-29)35(44)38-24(3)22-47-31-14-7-8-15-32(31)48-26-11-9-10-25(37)21-26/h5-15,21,23-24,28-29H,16-20,22H2,1-4H3,(H,38,44)(H,39,42)(H,40,43)/t24-,28+,29+/m1/s1. The van der Waals surface area contributed by atoms with Gasteiger partial charge in [0, 0.05) is 18.5 Å². The lowest BCUT2D eigenvalue weighted by molar-refractivity contribution is -0.136. The number of carbonyl (C=O) groups excluding carboxylic acids is 4. The van der Waals surface area contributed by atoms with Gasteiger partial charge in [-0.25, -0.2) is 0 Å². The van der Waals surface area contributed by atoms with Crippen LogP contribution in [-0.2, 0) is 14.4 Å². The van der Waals surface area contributed by atoms with E-state index in [0.29, 0.717) is 34.4 Å². The lowest BCUT2D eigenvalue weighted by atomic mass is 10.0. The van der Waals surface area contributed by atoms with Crippen LogP contribution in [0.5, 0.6) is 23.0 Å². The number of hydrogen-bond acceptors (Lipinski definition) is 7. The number of amides is 4. The van der Waals surface area contributed by atoms with Crippen LogP contribution in [0.2, 0.25) is 5.02 Å². The molecular formula is C36H43ClN4O7. The van der Waals surface area contributed by atoms with Crippen molar-refractivity contribution in [2.75, 3.05) is 26.8 Å². The van der Waals surface area contributed by atoms with Gasteiger partial charge in [-0.1, -0.05) is 55.8 Å². The van der Waals surface area contributed by atoms with Crippen LogP contribution in [0.25, 0.3) is 0 Å². The zero-order valence-corrected chi connectivity index (χ0v) is 28.4. The summed E-state index contributed by atoms with van der Waals surface area (Å²) in [5.74, 6) is 0.294. The number of likely N-dealkylation sites (N-methyl/N-ethyl adjacent to an activating group) is 1. The molecule has 3 atom stereocenters. The van der Waals surface area contributed by atoms with E-state index in [1.54, 1.807) is 80.7 Å².